The maximum absolute atomic E-state index is 12.8. The van der Waals surface area contributed by atoms with Crippen molar-refractivity contribution < 1.29 is 9.59 Å². The van der Waals surface area contributed by atoms with Crippen molar-refractivity contribution in [2.24, 2.45) is 5.41 Å². The lowest BCUT2D eigenvalue weighted by Gasteiger charge is -2.23. The zero-order valence-corrected chi connectivity index (χ0v) is 16.4. The molecule has 0 bridgehead atoms. The summed E-state index contributed by atoms with van der Waals surface area (Å²) in [6.07, 6.45) is 0.900. The molecule has 1 heterocycles. The average Bonchev–Trinajstić information content (AvgIpc) is 3.06. The topological polar surface area (TPSA) is 61.4 Å². The van der Waals surface area contributed by atoms with Crippen LogP contribution >= 0.6 is 0 Å². The number of amides is 2. The zero-order valence-electron chi connectivity index (χ0n) is 16.4. The first-order valence-electron chi connectivity index (χ1n) is 9.33. The maximum Gasteiger partial charge on any atom is 0.249 e. The van der Waals surface area contributed by atoms with Crippen LogP contribution in [-0.2, 0) is 16.0 Å². The molecule has 0 spiro atoms. The first-order valence-corrected chi connectivity index (χ1v) is 9.33. The highest BCUT2D eigenvalue weighted by molar-refractivity contribution is 6.00. The van der Waals surface area contributed by atoms with E-state index in [0.717, 1.165) is 30.0 Å². The number of para-hydroxylation sites is 1. The molecule has 2 N–H and O–H groups in total. The summed E-state index contributed by atoms with van der Waals surface area (Å²) in [5.74, 6) is 0.0320. The van der Waals surface area contributed by atoms with Gasteiger partial charge in [0.1, 0.15) is 6.04 Å². The van der Waals surface area contributed by atoms with Crippen LogP contribution in [0.3, 0.4) is 0 Å². The van der Waals surface area contributed by atoms with Gasteiger partial charge in [-0.3, -0.25) is 9.59 Å². The Labute approximate surface area is 160 Å². The van der Waals surface area contributed by atoms with Crippen LogP contribution in [0.25, 0.3) is 0 Å². The van der Waals surface area contributed by atoms with Crippen LogP contribution in [0, 0.1) is 5.41 Å². The molecule has 2 amide bonds. The molecule has 0 aliphatic carbocycles. The SMILES string of the molecule is CC(Nc1ccc(NC(=O)C(C)(C)C)cc1)C(=O)N1CCc2ccccc21. The monoisotopic (exact) mass is 365 g/mol. The smallest absolute Gasteiger partial charge is 0.249 e. The van der Waals surface area contributed by atoms with Crippen LogP contribution in [0.2, 0.25) is 0 Å². The highest BCUT2D eigenvalue weighted by atomic mass is 16.2. The minimum absolute atomic E-state index is 0.0283. The van der Waals surface area contributed by atoms with Crippen LogP contribution in [0.15, 0.2) is 48.5 Å². The van der Waals surface area contributed by atoms with E-state index >= 15 is 0 Å². The van der Waals surface area contributed by atoms with Gasteiger partial charge in [0.15, 0.2) is 0 Å². The Hall–Kier alpha value is -2.82. The van der Waals surface area contributed by atoms with Crippen molar-refractivity contribution in [1.82, 2.24) is 0 Å². The van der Waals surface area contributed by atoms with E-state index in [0.29, 0.717) is 0 Å². The van der Waals surface area contributed by atoms with E-state index in [2.05, 4.69) is 16.7 Å². The summed E-state index contributed by atoms with van der Waals surface area (Å²) in [6, 6.07) is 15.1. The number of hydrogen-bond acceptors (Lipinski definition) is 3. The van der Waals surface area contributed by atoms with Gasteiger partial charge in [-0.15, -0.1) is 0 Å². The Kier molecular flexibility index (Phi) is 5.22. The van der Waals surface area contributed by atoms with E-state index < -0.39 is 5.41 Å². The van der Waals surface area contributed by atoms with E-state index in [4.69, 9.17) is 0 Å². The van der Waals surface area contributed by atoms with Gasteiger partial charge in [0.25, 0.3) is 0 Å². The van der Waals surface area contributed by atoms with E-state index in [1.54, 1.807) is 0 Å². The molecule has 142 valence electrons. The Morgan fingerprint density at radius 3 is 2.30 bits per heavy atom. The maximum atomic E-state index is 12.8. The molecule has 1 unspecified atom stereocenters. The molecule has 2 aromatic carbocycles. The van der Waals surface area contributed by atoms with Crippen molar-refractivity contribution in [3.63, 3.8) is 0 Å². The highest BCUT2D eigenvalue weighted by Gasteiger charge is 2.27. The number of rotatable bonds is 4. The molecule has 0 saturated carbocycles. The van der Waals surface area contributed by atoms with E-state index in [9.17, 15) is 9.59 Å². The molecule has 3 rings (SSSR count). The van der Waals surface area contributed by atoms with Gasteiger partial charge in [0.05, 0.1) is 0 Å². The second kappa shape index (κ2) is 7.43. The predicted molar refractivity (Wildman–Crippen MR) is 110 cm³/mol. The minimum Gasteiger partial charge on any atom is -0.374 e. The first-order chi connectivity index (χ1) is 12.8. The van der Waals surface area contributed by atoms with Gasteiger partial charge >= 0.3 is 0 Å². The third kappa shape index (κ3) is 4.30. The Morgan fingerprint density at radius 2 is 1.63 bits per heavy atom. The predicted octanol–water partition coefficient (Wildman–Crippen LogP) is 4.06. The lowest BCUT2D eigenvalue weighted by molar-refractivity contribution is -0.123. The number of hydrogen-bond donors (Lipinski definition) is 2. The summed E-state index contributed by atoms with van der Waals surface area (Å²) in [5, 5.41) is 6.16. The molecule has 0 radical (unpaired) electrons. The molecule has 0 fully saturated rings. The Balaban J connectivity index is 1.62. The van der Waals surface area contributed by atoms with Gasteiger partial charge in [-0.1, -0.05) is 39.0 Å². The Bertz CT molecular complexity index is 837. The molecule has 5 nitrogen and oxygen atoms in total. The van der Waals surface area contributed by atoms with Gasteiger partial charge in [-0.2, -0.15) is 0 Å². The van der Waals surface area contributed by atoms with E-state index in [-0.39, 0.29) is 17.9 Å². The number of anilines is 3. The highest BCUT2D eigenvalue weighted by Crippen LogP contribution is 2.28. The molecular weight excluding hydrogens is 338 g/mol. The lowest BCUT2D eigenvalue weighted by atomic mass is 9.95. The van der Waals surface area contributed by atoms with Crippen LogP contribution < -0.4 is 15.5 Å². The summed E-state index contributed by atoms with van der Waals surface area (Å²) in [4.78, 5) is 26.8. The fraction of sp³-hybridized carbons (Fsp3) is 0.364. The number of nitrogens with one attached hydrogen (secondary N) is 2. The van der Waals surface area contributed by atoms with E-state index in [1.807, 2.05) is 75.1 Å². The second-order valence-electron chi connectivity index (χ2n) is 8.02. The van der Waals surface area contributed by atoms with Gasteiger partial charge in [0, 0.05) is 29.0 Å². The van der Waals surface area contributed by atoms with Crippen LogP contribution in [-0.4, -0.2) is 24.4 Å². The summed E-state index contributed by atoms with van der Waals surface area (Å²) >= 11 is 0. The summed E-state index contributed by atoms with van der Waals surface area (Å²) < 4.78 is 0. The van der Waals surface area contributed by atoms with Crippen LogP contribution in [0.1, 0.15) is 33.3 Å². The number of fused-ring (bicyclic) bond motifs is 1. The van der Waals surface area contributed by atoms with Crippen molar-refractivity contribution in [1.29, 1.82) is 0 Å². The van der Waals surface area contributed by atoms with E-state index in [1.165, 1.54) is 5.56 Å². The lowest BCUT2D eigenvalue weighted by Crippen LogP contribution is -2.40. The van der Waals surface area contributed by atoms with Crippen molar-refractivity contribution >= 4 is 28.9 Å². The third-order valence-corrected chi connectivity index (χ3v) is 4.73. The van der Waals surface area contributed by atoms with Crippen molar-refractivity contribution in [3.8, 4) is 0 Å². The molecule has 0 aromatic heterocycles. The average molecular weight is 365 g/mol. The molecule has 1 aliphatic rings. The van der Waals surface area contributed by atoms with Crippen LogP contribution in [0.4, 0.5) is 17.1 Å². The van der Waals surface area contributed by atoms with Gasteiger partial charge in [-0.05, 0) is 49.2 Å². The summed E-state index contributed by atoms with van der Waals surface area (Å²) in [5.41, 5.74) is 3.38. The molecule has 1 aliphatic heterocycles. The Morgan fingerprint density at radius 1 is 1.00 bits per heavy atom. The van der Waals surface area contributed by atoms with Crippen LogP contribution in [0.5, 0.6) is 0 Å². The number of carbonyl (C=O) groups is 2. The molecule has 2 aromatic rings. The molecule has 27 heavy (non-hydrogen) atoms. The van der Waals surface area contributed by atoms with Crippen molar-refractivity contribution in [3.05, 3.63) is 54.1 Å². The second-order valence-corrected chi connectivity index (χ2v) is 8.02. The van der Waals surface area contributed by atoms with Crippen molar-refractivity contribution in [2.45, 2.75) is 40.2 Å². The zero-order chi connectivity index (χ0) is 19.6. The van der Waals surface area contributed by atoms with Crippen molar-refractivity contribution in [2.75, 3.05) is 22.1 Å². The summed E-state index contributed by atoms with van der Waals surface area (Å²) in [7, 11) is 0. The number of nitrogens with zero attached hydrogens (tertiary/aromatic N) is 1. The van der Waals surface area contributed by atoms with Gasteiger partial charge in [0.2, 0.25) is 11.8 Å². The minimum atomic E-state index is -0.441. The molecule has 5 heteroatoms. The fourth-order valence-corrected chi connectivity index (χ4v) is 3.08. The molecule has 0 saturated heterocycles. The summed E-state index contributed by atoms with van der Waals surface area (Å²) in [6.45, 7) is 8.23. The van der Waals surface area contributed by atoms with Gasteiger partial charge in [-0.25, -0.2) is 0 Å². The standard InChI is InChI=1S/C22H27N3O2/c1-15(20(26)25-14-13-16-7-5-6-8-19(16)25)23-17-9-11-18(12-10-17)24-21(27)22(2,3)4/h5-12,15,23H,13-14H2,1-4H3,(H,24,27). The quantitative estimate of drug-likeness (QED) is 0.859. The number of benzene rings is 2. The number of carbonyl (C=O) groups excluding carboxylic acids is 2. The molecular formula is C22H27N3O2. The largest absolute Gasteiger partial charge is 0.374 e. The normalized spacial score (nSPS) is 14.4. The fourth-order valence-electron chi connectivity index (χ4n) is 3.08. The third-order valence-electron chi connectivity index (χ3n) is 4.73. The first kappa shape index (κ1) is 19.0. The van der Waals surface area contributed by atoms with Gasteiger partial charge < -0.3 is 15.5 Å². The molecule has 1 atom stereocenters.